The quantitative estimate of drug-likeness (QED) is 0.560. The van der Waals surface area contributed by atoms with Gasteiger partial charge in [-0.15, -0.1) is 0 Å². The Balaban J connectivity index is 1.37. The van der Waals surface area contributed by atoms with Crippen molar-refractivity contribution in [3.8, 4) is 0 Å². The Morgan fingerprint density at radius 3 is 2.82 bits per heavy atom. The number of nitrogens with zero attached hydrogens (tertiary/aromatic N) is 1. The molecule has 2 heterocycles. The van der Waals surface area contributed by atoms with Crippen LogP contribution in [0.4, 0.5) is 0 Å². The third-order valence-corrected chi connectivity index (χ3v) is 4.44. The molecule has 7 heteroatoms. The minimum absolute atomic E-state index is 0.147. The summed E-state index contributed by atoms with van der Waals surface area (Å²) in [6.45, 7) is 2.75. The van der Waals surface area contributed by atoms with Crippen LogP contribution in [0.15, 0.2) is 0 Å². The fourth-order valence-electron chi connectivity index (χ4n) is 2.81. The molecule has 1 aliphatic heterocycles. The van der Waals surface area contributed by atoms with E-state index in [1.54, 1.807) is 0 Å². The van der Waals surface area contributed by atoms with Crippen molar-refractivity contribution in [1.29, 1.82) is 0 Å². The smallest absolute Gasteiger partial charge is 0.272 e. The van der Waals surface area contributed by atoms with Gasteiger partial charge >= 0.3 is 0 Å². The minimum atomic E-state index is -0.147. The summed E-state index contributed by atoms with van der Waals surface area (Å²) < 4.78 is 0. The SMILES string of the molecule is O=C(NCCCNC(=O)C1CCC1)c1n[nH]c2c1CNCC2. The van der Waals surface area contributed by atoms with Gasteiger partial charge in [-0.3, -0.25) is 14.7 Å². The molecular formula is C15H23N5O2. The van der Waals surface area contributed by atoms with E-state index in [-0.39, 0.29) is 17.7 Å². The molecule has 1 aliphatic carbocycles. The molecule has 120 valence electrons. The molecule has 7 nitrogen and oxygen atoms in total. The largest absolute Gasteiger partial charge is 0.356 e. The zero-order valence-electron chi connectivity index (χ0n) is 12.7. The van der Waals surface area contributed by atoms with Crippen LogP contribution in [-0.2, 0) is 17.8 Å². The predicted octanol–water partition coefficient (Wildman–Crippen LogP) is 0.0916. The molecule has 0 radical (unpaired) electrons. The highest BCUT2D eigenvalue weighted by Gasteiger charge is 2.24. The Morgan fingerprint density at radius 2 is 2.05 bits per heavy atom. The second-order valence-electron chi connectivity index (χ2n) is 5.98. The molecule has 22 heavy (non-hydrogen) atoms. The molecule has 1 saturated carbocycles. The van der Waals surface area contributed by atoms with Crippen LogP contribution in [0.2, 0.25) is 0 Å². The van der Waals surface area contributed by atoms with Crippen molar-refractivity contribution >= 4 is 11.8 Å². The number of carbonyl (C=O) groups is 2. The number of hydrogen-bond donors (Lipinski definition) is 4. The number of aromatic amines is 1. The summed E-state index contributed by atoms with van der Waals surface area (Å²) in [7, 11) is 0. The fourth-order valence-corrected chi connectivity index (χ4v) is 2.81. The van der Waals surface area contributed by atoms with Gasteiger partial charge < -0.3 is 16.0 Å². The second-order valence-corrected chi connectivity index (χ2v) is 5.98. The van der Waals surface area contributed by atoms with Gasteiger partial charge in [0.2, 0.25) is 5.91 Å². The summed E-state index contributed by atoms with van der Waals surface area (Å²) >= 11 is 0. The lowest BCUT2D eigenvalue weighted by atomic mass is 9.85. The van der Waals surface area contributed by atoms with Crippen molar-refractivity contribution in [3.05, 3.63) is 17.0 Å². The molecule has 1 aromatic heterocycles. The number of amides is 2. The van der Waals surface area contributed by atoms with Crippen LogP contribution >= 0.6 is 0 Å². The number of carbonyl (C=O) groups excluding carboxylic acids is 2. The van der Waals surface area contributed by atoms with E-state index in [4.69, 9.17) is 0 Å². The van der Waals surface area contributed by atoms with Gasteiger partial charge in [0.05, 0.1) is 0 Å². The van der Waals surface area contributed by atoms with E-state index in [1.807, 2.05) is 0 Å². The van der Waals surface area contributed by atoms with Gasteiger partial charge in [0.25, 0.3) is 5.91 Å². The van der Waals surface area contributed by atoms with Gasteiger partial charge in [0, 0.05) is 49.8 Å². The molecule has 1 fully saturated rings. The number of hydrogen-bond acceptors (Lipinski definition) is 4. The molecule has 4 N–H and O–H groups in total. The molecule has 0 spiro atoms. The van der Waals surface area contributed by atoms with Crippen LogP contribution in [-0.4, -0.2) is 41.6 Å². The highest BCUT2D eigenvalue weighted by molar-refractivity contribution is 5.94. The van der Waals surface area contributed by atoms with Crippen LogP contribution in [0.1, 0.15) is 47.4 Å². The molecule has 0 bridgehead atoms. The Hall–Kier alpha value is -1.89. The lowest BCUT2D eigenvalue weighted by Crippen LogP contribution is -2.36. The fraction of sp³-hybridized carbons (Fsp3) is 0.667. The van der Waals surface area contributed by atoms with E-state index in [1.165, 1.54) is 0 Å². The van der Waals surface area contributed by atoms with Crippen LogP contribution in [0.3, 0.4) is 0 Å². The van der Waals surface area contributed by atoms with Gasteiger partial charge in [0.1, 0.15) is 0 Å². The van der Waals surface area contributed by atoms with Gasteiger partial charge in [0.15, 0.2) is 5.69 Å². The lowest BCUT2D eigenvalue weighted by Gasteiger charge is -2.23. The van der Waals surface area contributed by atoms with Gasteiger partial charge in [-0.25, -0.2) is 0 Å². The summed E-state index contributed by atoms with van der Waals surface area (Å²) in [6.07, 6.45) is 4.80. The molecule has 0 atom stereocenters. The summed E-state index contributed by atoms with van der Waals surface area (Å²) in [4.78, 5) is 23.8. The van der Waals surface area contributed by atoms with Gasteiger partial charge in [-0.2, -0.15) is 5.10 Å². The maximum Gasteiger partial charge on any atom is 0.272 e. The van der Waals surface area contributed by atoms with Crippen LogP contribution in [0.5, 0.6) is 0 Å². The molecule has 3 rings (SSSR count). The molecule has 0 unspecified atom stereocenters. The Bertz CT molecular complexity index is 550. The summed E-state index contributed by atoms with van der Waals surface area (Å²) in [6, 6.07) is 0. The Morgan fingerprint density at radius 1 is 1.23 bits per heavy atom. The zero-order chi connectivity index (χ0) is 15.4. The van der Waals surface area contributed by atoms with Crippen molar-refractivity contribution in [2.75, 3.05) is 19.6 Å². The number of nitrogens with one attached hydrogen (secondary N) is 4. The van der Waals surface area contributed by atoms with Gasteiger partial charge in [-0.05, 0) is 19.3 Å². The third-order valence-electron chi connectivity index (χ3n) is 4.44. The maximum absolute atomic E-state index is 12.1. The second kappa shape index (κ2) is 6.91. The van der Waals surface area contributed by atoms with Crippen LogP contribution in [0.25, 0.3) is 0 Å². The number of rotatable bonds is 6. The molecule has 0 aromatic carbocycles. The standard InChI is InChI=1S/C15H23N5O2/c21-14(10-3-1-4-10)17-6-2-7-18-15(22)13-11-9-16-8-5-12(11)19-20-13/h10,16H,1-9H2,(H,17,21)(H,18,22)(H,19,20). The first kappa shape index (κ1) is 15.0. The first-order valence-electron chi connectivity index (χ1n) is 8.08. The van der Waals surface area contributed by atoms with E-state index < -0.39 is 0 Å². The minimum Gasteiger partial charge on any atom is -0.356 e. The van der Waals surface area contributed by atoms with E-state index >= 15 is 0 Å². The Labute approximate surface area is 129 Å². The molecule has 1 aromatic rings. The van der Waals surface area contributed by atoms with E-state index in [9.17, 15) is 9.59 Å². The molecule has 2 aliphatic rings. The normalized spacial score (nSPS) is 17.5. The monoisotopic (exact) mass is 305 g/mol. The topological polar surface area (TPSA) is 98.9 Å². The summed E-state index contributed by atoms with van der Waals surface area (Å²) in [5.41, 5.74) is 2.51. The predicted molar refractivity (Wildman–Crippen MR) is 81.3 cm³/mol. The van der Waals surface area contributed by atoms with Gasteiger partial charge in [-0.1, -0.05) is 6.42 Å². The number of fused-ring (bicyclic) bond motifs is 1. The molecule has 0 saturated heterocycles. The van der Waals surface area contributed by atoms with Crippen molar-refractivity contribution in [2.45, 2.75) is 38.6 Å². The molecular weight excluding hydrogens is 282 g/mol. The average molecular weight is 305 g/mol. The first-order chi connectivity index (χ1) is 10.8. The first-order valence-corrected chi connectivity index (χ1v) is 8.08. The van der Waals surface area contributed by atoms with Crippen molar-refractivity contribution in [1.82, 2.24) is 26.1 Å². The van der Waals surface area contributed by atoms with E-state index in [2.05, 4.69) is 26.1 Å². The third kappa shape index (κ3) is 3.30. The van der Waals surface area contributed by atoms with E-state index in [0.29, 0.717) is 25.3 Å². The van der Waals surface area contributed by atoms with Crippen LogP contribution < -0.4 is 16.0 Å². The number of aromatic nitrogens is 2. The summed E-state index contributed by atoms with van der Waals surface area (Å²) in [5, 5.41) is 16.1. The molecule has 2 amide bonds. The Kier molecular flexibility index (Phi) is 4.72. The zero-order valence-corrected chi connectivity index (χ0v) is 12.7. The summed E-state index contributed by atoms with van der Waals surface area (Å²) in [5.74, 6) is 0.231. The van der Waals surface area contributed by atoms with Crippen LogP contribution in [0, 0.1) is 5.92 Å². The number of H-pyrrole nitrogens is 1. The highest BCUT2D eigenvalue weighted by Crippen LogP contribution is 2.26. The maximum atomic E-state index is 12.1. The lowest BCUT2D eigenvalue weighted by molar-refractivity contribution is -0.127. The van der Waals surface area contributed by atoms with Crippen molar-refractivity contribution < 1.29 is 9.59 Å². The van der Waals surface area contributed by atoms with E-state index in [0.717, 1.165) is 49.9 Å². The highest BCUT2D eigenvalue weighted by atomic mass is 16.2. The van der Waals surface area contributed by atoms with Crippen molar-refractivity contribution in [3.63, 3.8) is 0 Å². The van der Waals surface area contributed by atoms with Crippen molar-refractivity contribution in [2.24, 2.45) is 5.92 Å². The average Bonchev–Trinajstić information content (AvgIpc) is 2.89.